The molecule has 0 unspecified atom stereocenters. The first-order valence-electron chi connectivity index (χ1n) is 5.97. The van der Waals surface area contributed by atoms with E-state index in [-0.39, 0.29) is 0 Å². The lowest BCUT2D eigenvalue weighted by Gasteiger charge is -2.22. The van der Waals surface area contributed by atoms with E-state index in [1.807, 2.05) is 0 Å². The molecule has 3 heteroatoms. The van der Waals surface area contributed by atoms with Crippen LogP contribution in [0, 0.1) is 11.8 Å². The highest BCUT2D eigenvalue weighted by molar-refractivity contribution is 5.81. The molecule has 0 bridgehead atoms. The second kappa shape index (κ2) is 3.44. The molecule has 0 amide bonds. The van der Waals surface area contributed by atoms with Gasteiger partial charge in [0, 0.05) is 19.6 Å². The summed E-state index contributed by atoms with van der Waals surface area (Å²) in [5.74, 6) is 3.11. The van der Waals surface area contributed by atoms with E-state index in [4.69, 9.17) is 0 Å². The largest absolute Gasteiger partial charge is 0.354 e. The molecule has 0 spiro atoms. The second-order valence-electron chi connectivity index (χ2n) is 4.84. The number of likely N-dealkylation sites (tertiary alicyclic amines) is 1. The van der Waals surface area contributed by atoms with Crippen LogP contribution in [0.2, 0.25) is 0 Å². The smallest absolute Gasteiger partial charge is 0.194 e. The maximum Gasteiger partial charge on any atom is 0.194 e. The van der Waals surface area contributed by atoms with E-state index in [1.165, 1.54) is 44.7 Å². The maximum atomic E-state index is 4.51. The molecule has 3 rings (SSSR count). The molecule has 0 aromatic heterocycles. The normalized spacial score (nSPS) is 36.6. The van der Waals surface area contributed by atoms with Gasteiger partial charge in [0.2, 0.25) is 0 Å². The van der Waals surface area contributed by atoms with Gasteiger partial charge < -0.3 is 10.2 Å². The molecule has 2 aliphatic heterocycles. The zero-order valence-corrected chi connectivity index (χ0v) is 8.71. The summed E-state index contributed by atoms with van der Waals surface area (Å²) in [4.78, 5) is 6.99. The van der Waals surface area contributed by atoms with Crippen LogP contribution in [0.4, 0.5) is 0 Å². The summed E-state index contributed by atoms with van der Waals surface area (Å²) in [5, 5.41) is 3.38. The Labute approximate surface area is 85.6 Å². The summed E-state index contributed by atoms with van der Waals surface area (Å²) in [7, 11) is 0. The number of fused-ring (bicyclic) bond motifs is 1. The third-order valence-corrected chi connectivity index (χ3v) is 3.93. The Morgan fingerprint density at radius 2 is 1.86 bits per heavy atom. The Hall–Kier alpha value is -0.730. The molecule has 2 atom stereocenters. The van der Waals surface area contributed by atoms with Crippen molar-refractivity contribution in [1.82, 2.24) is 10.2 Å². The number of guanidine groups is 1. The van der Waals surface area contributed by atoms with Crippen LogP contribution in [-0.2, 0) is 0 Å². The van der Waals surface area contributed by atoms with Crippen molar-refractivity contribution in [3.8, 4) is 0 Å². The number of nitrogens with zero attached hydrogens (tertiary/aromatic N) is 2. The standard InChI is InChI=1S/C11H19N3/c1-2-4-10-8-14(7-9(10)3-1)11-12-5-6-13-11/h9-10H,1-8H2,(H,12,13)/t9-,10+. The average molecular weight is 193 g/mol. The lowest BCUT2D eigenvalue weighted by atomic mass is 9.82. The van der Waals surface area contributed by atoms with Gasteiger partial charge in [-0.15, -0.1) is 0 Å². The predicted molar refractivity (Wildman–Crippen MR) is 57.3 cm³/mol. The van der Waals surface area contributed by atoms with Crippen molar-refractivity contribution in [2.24, 2.45) is 16.8 Å². The molecule has 14 heavy (non-hydrogen) atoms. The van der Waals surface area contributed by atoms with E-state index in [2.05, 4.69) is 15.2 Å². The van der Waals surface area contributed by atoms with E-state index in [9.17, 15) is 0 Å². The average Bonchev–Trinajstić information content (AvgIpc) is 2.86. The van der Waals surface area contributed by atoms with Gasteiger partial charge in [-0.3, -0.25) is 4.99 Å². The summed E-state index contributed by atoms with van der Waals surface area (Å²) < 4.78 is 0. The van der Waals surface area contributed by atoms with Crippen LogP contribution >= 0.6 is 0 Å². The Morgan fingerprint density at radius 1 is 1.14 bits per heavy atom. The molecule has 0 aromatic carbocycles. The zero-order valence-electron chi connectivity index (χ0n) is 8.71. The Balaban J connectivity index is 1.67. The van der Waals surface area contributed by atoms with Crippen LogP contribution < -0.4 is 5.32 Å². The first kappa shape index (κ1) is 8.57. The number of rotatable bonds is 0. The Morgan fingerprint density at radius 3 is 2.43 bits per heavy atom. The number of nitrogens with one attached hydrogen (secondary N) is 1. The molecule has 1 saturated heterocycles. The number of aliphatic imine (C=N–C) groups is 1. The van der Waals surface area contributed by atoms with Gasteiger partial charge in [0.15, 0.2) is 5.96 Å². The molecule has 0 aromatic rings. The van der Waals surface area contributed by atoms with Crippen molar-refractivity contribution in [3.05, 3.63) is 0 Å². The van der Waals surface area contributed by atoms with Gasteiger partial charge in [-0.25, -0.2) is 0 Å². The Kier molecular flexibility index (Phi) is 2.11. The van der Waals surface area contributed by atoms with Gasteiger partial charge in [-0.1, -0.05) is 12.8 Å². The SMILES string of the molecule is C1CC[C@H]2CN(C3=NCCN3)C[C@H]2C1. The molecule has 2 heterocycles. The third-order valence-electron chi connectivity index (χ3n) is 3.93. The molecule has 1 N–H and O–H groups in total. The van der Waals surface area contributed by atoms with Crippen molar-refractivity contribution < 1.29 is 0 Å². The number of hydrogen-bond donors (Lipinski definition) is 1. The van der Waals surface area contributed by atoms with E-state index < -0.39 is 0 Å². The van der Waals surface area contributed by atoms with Gasteiger partial charge >= 0.3 is 0 Å². The first-order chi connectivity index (χ1) is 6.93. The van der Waals surface area contributed by atoms with Crippen LogP contribution in [0.25, 0.3) is 0 Å². The molecule has 1 aliphatic carbocycles. The van der Waals surface area contributed by atoms with E-state index in [0.29, 0.717) is 0 Å². The minimum atomic E-state index is 0.967. The quantitative estimate of drug-likeness (QED) is 0.623. The molecule has 3 aliphatic rings. The van der Waals surface area contributed by atoms with E-state index in [1.54, 1.807) is 0 Å². The summed E-state index contributed by atoms with van der Waals surface area (Å²) in [6.45, 7) is 4.54. The molecule has 3 nitrogen and oxygen atoms in total. The van der Waals surface area contributed by atoms with Gasteiger partial charge in [0.1, 0.15) is 0 Å². The highest BCUT2D eigenvalue weighted by atomic mass is 15.3. The van der Waals surface area contributed by atoms with E-state index >= 15 is 0 Å². The van der Waals surface area contributed by atoms with Crippen LogP contribution in [0.5, 0.6) is 0 Å². The first-order valence-corrected chi connectivity index (χ1v) is 5.97. The minimum Gasteiger partial charge on any atom is -0.354 e. The highest BCUT2D eigenvalue weighted by Gasteiger charge is 2.35. The monoisotopic (exact) mass is 193 g/mol. The molecule has 0 radical (unpaired) electrons. The summed E-state index contributed by atoms with van der Waals surface area (Å²) in [6.07, 6.45) is 5.81. The van der Waals surface area contributed by atoms with Gasteiger partial charge in [0.05, 0.1) is 6.54 Å². The summed E-state index contributed by atoms with van der Waals surface area (Å²) >= 11 is 0. The van der Waals surface area contributed by atoms with Crippen molar-refractivity contribution in [1.29, 1.82) is 0 Å². The molecule has 1 saturated carbocycles. The lowest BCUT2D eigenvalue weighted by molar-refractivity contribution is 0.299. The van der Waals surface area contributed by atoms with Crippen LogP contribution in [0.3, 0.4) is 0 Å². The van der Waals surface area contributed by atoms with Crippen molar-refractivity contribution >= 4 is 5.96 Å². The summed E-state index contributed by atoms with van der Waals surface area (Å²) in [6, 6.07) is 0. The minimum absolute atomic E-state index is 0.967. The lowest BCUT2D eigenvalue weighted by Crippen LogP contribution is -2.37. The molecular weight excluding hydrogens is 174 g/mol. The molecular formula is C11H19N3. The van der Waals surface area contributed by atoms with Crippen LogP contribution in [-0.4, -0.2) is 37.0 Å². The second-order valence-corrected chi connectivity index (χ2v) is 4.84. The van der Waals surface area contributed by atoms with Gasteiger partial charge in [0.25, 0.3) is 0 Å². The van der Waals surface area contributed by atoms with Crippen molar-refractivity contribution in [3.63, 3.8) is 0 Å². The fraction of sp³-hybridized carbons (Fsp3) is 0.909. The predicted octanol–water partition coefficient (Wildman–Crippen LogP) is 1.07. The fourth-order valence-electron chi connectivity index (χ4n) is 3.18. The van der Waals surface area contributed by atoms with Gasteiger partial charge in [-0.2, -0.15) is 0 Å². The highest BCUT2D eigenvalue weighted by Crippen LogP contribution is 2.35. The maximum absolute atomic E-state index is 4.51. The topological polar surface area (TPSA) is 27.6 Å². The fourth-order valence-corrected chi connectivity index (χ4v) is 3.18. The van der Waals surface area contributed by atoms with Crippen molar-refractivity contribution in [2.75, 3.05) is 26.2 Å². The summed E-state index contributed by atoms with van der Waals surface area (Å²) in [5.41, 5.74) is 0. The molecule has 2 fully saturated rings. The van der Waals surface area contributed by atoms with Crippen LogP contribution in [0.1, 0.15) is 25.7 Å². The van der Waals surface area contributed by atoms with Crippen molar-refractivity contribution in [2.45, 2.75) is 25.7 Å². The zero-order chi connectivity index (χ0) is 9.38. The third kappa shape index (κ3) is 1.39. The molecule has 78 valence electrons. The van der Waals surface area contributed by atoms with E-state index in [0.717, 1.165) is 24.9 Å². The van der Waals surface area contributed by atoms with Gasteiger partial charge in [-0.05, 0) is 24.7 Å². The number of hydrogen-bond acceptors (Lipinski definition) is 3. The van der Waals surface area contributed by atoms with Crippen LogP contribution in [0.15, 0.2) is 4.99 Å². The Bertz CT molecular complexity index is 235.